The van der Waals surface area contributed by atoms with Gasteiger partial charge in [-0.15, -0.1) is 0 Å². The van der Waals surface area contributed by atoms with Gasteiger partial charge in [0.1, 0.15) is 0 Å². The topological polar surface area (TPSA) is 73.9 Å². The minimum Gasteiger partial charge on any atom is -0.476 e. The van der Waals surface area contributed by atoms with Gasteiger partial charge in [0.05, 0.1) is 23.2 Å². The summed E-state index contributed by atoms with van der Waals surface area (Å²) in [6.45, 7) is 4.84. The molecule has 2 N–H and O–H groups in total. The number of ether oxygens (including phenoxy) is 1. The third kappa shape index (κ3) is 4.63. The molecule has 0 spiro atoms. The van der Waals surface area contributed by atoms with Gasteiger partial charge in [-0.1, -0.05) is 61.9 Å². The molecule has 0 aliphatic heterocycles. The van der Waals surface area contributed by atoms with E-state index in [2.05, 4.69) is 66.3 Å². The Hall–Kier alpha value is -3.83. The normalized spacial score (nSPS) is 16.9. The number of aromatic nitrogens is 3. The molecule has 0 bridgehead atoms. The van der Waals surface area contributed by atoms with Crippen LogP contribution in [-0.4, -0.2) is 27.1 Å². The first-order chi connectivity index (χ1) is 18.4. The van der Waals surface area contributed by atoms with Crippen LogP contribution in [0.4, 0.5) is 0 Å². The van der Waals surface area contributed by atoms with Gasteiger partial charge in [0.25, 0.3) is 0 Å². The van der Waals surface area contributed by atoms with Crippen molar-refractivity contribution in [3.8, 4) is 17.0 Å². The first-order valence-electron chi connectivity index (χ1n) is 13.5. The summed E-state index contributed by atoms with van der Waals surface area (Å²) in [6, 6.07) is 18.7. The highest BCUT2D eigenvalue weighted by molar-refractivity contribution is 5.92. The summed E-state index contributed by atoms with van der Waals surface area (Å²) in [5.41, 5.74) is 14.3. The van der Waals surface area contributed by atoms with Gasteiger partial charge in [-0.05, 0) is 73.1 Å². The smallest absolute Gasteiger partial charge is 0.222 e. The number of rotatable bonds is 7. The van der Waals surface area contributed by atoms with Crippen molar-refractivity contribution in [1.82, 2.24) is 15.0 Å². The number of hydrogen-bond acceptors (Lipinski definition) is 5. The lowest BCUT2D eigenvalue weighted by atomic mass is 9.69. The molecule has 3 aromatic heterocycles. The molecule has 1 aromatic carbocycles. The summed E-state index contributed by atoms with van der Waals surface area (Å²) in [4.78, 5) is 14.0. The van der Waals surface area contributed by atoms with E-state index in [9.17, 15) is 0 Å². The Kier molecular flexibility index (Phi) is 6.32. The molecule has 1 saturated carbocycles. The second-order valence-electron chi connectivity index (χ2n) is 11.2. The molecule has 3 heterocycles. The van der Waals surface area contributed by atoms with Gasteiger partial charge in [-0.25, -0.2) is 9.97 Å². The number of hydrogen-bond donors (Lipinski definition) is 1. The van der Waals surface area contributed by atoms with Crippen molar-refractivity contribution in [1.29, 1.82) is 0 Å². The molecule has 2 aliphatic carbocycles. The zero-order valence-corrected chi connectivity index (χ0v) is 22.2. The van der Waals surface area contributed by atoms with Crippen molar-refractivity contribution in [3.05, 3.63) is 102 Å². The lowest BCUT2D eigenvalue weighted by molar-refractivity contribution is 0.235. The van der Waals surface area contributed by atoms with Gasteiger partial charge in [-0.3, -0.25) is 4.98 Å². The molecular weight excluding hydrogens is 468 g/mol. The van der Waals surface area contributed by atoms with Gasteiger partial charge in [0.15, 0.2) is 0 Å². The Balaban J connectivity index is 1.39. The standard InChI is InChI=1S/C33H34N4O/c1-32(2,25-13-18-35-19-14-25)22-38-31-28-21-27(23-7-4-3-5-8-23)30(37-29(28)15-20-36-31)24-9-11-26(12-10-24)33(34)16-6-17-33/h3-5,7-9,11,13-15,18-21H,6,10,12,16-17,22,34H2,1-2H3. The maximum atomic E-state index is 6.63. The van der Waals surface area contributed by atoms with Crippen LogP contribution in [0, 0.1) is 0 Å². The minimum atomic E-state index is -0.194. The predicted octanol–water partition coefficient (Wildman–Crippen LogP) is 7.03. The summed E-state index contributed by atoms with van der Waals surface area (Å²) in [7, 11) is 0. The molecule has 0 radical (unpaired) electrons. The largest absolute Gasteiger partial charge is 0.476 e. The van der Waals surface area contributed by atoms with Gasteiger partial charge >= 0.3 is 0 Å². The Labute approximate surface area is 224 Å². The average Bonchev–Trinajstić information content (AvgIpc) is 2.95. The summed E-state index contributed by atoms with van der Waals surface area (Å²) in [5, 5.41) is 0.920. The fourth-order valence-electron chi connectivity index (χ4n) is 5.53. The van der Waals surface area contributed by atoms with Gasteiger partial charge < -0.3 is 10.5 Å². The molecule has 38 heavy (non-hydrogen) atoms. The second-order valence-corrected chi connectivity index (χ2v) is 11.2. The Morgan fingerprint density at radius 1 is 0.947 bits per heavy atom. The van der Waals surface area contributed by atoms with Crippen LogP contribution in [0.2, 0.25) is 0 Å². The number of benzene rings is 1. The minimum absolute atomic E-state index is 0.0942. The number of allylic oxidation sites excluding steroid dienone is 3. The number of fused-ring (bicyclic) bond motifs is 1. The fourth-order valence-corrected chi connectivity index (χ4v) is 5.53. The molecule has 0 unspecified atom stereocenters. The Bertz CT molecular complexity index is 1520. The second kappa shape index (κ2) is 9.80. The van der Waals surface area contributed by atoms with Crippen LogP contribution < -0.4 is 10.5 Å². The zero-order chi connectivity index (χ0) is 26.2. The zero-order valence-electron chi connectivity index (χ0n) is 22.2. The molecule has 5 nitrogen and oxygen atoms in total. The fraction of sp³-hybridized carbons (Fsp3) is 0.303. The summed E-state index contributed by atoms with van der Waals surface area (Å²) in [6.07, 6.45) is 15.3. The Morgan fingerprint density at radius 3 is 2.42 bits per heavy atom. The van der Waals surface area contributed by atoms with E-state index in [1.165, 1.54) is 23.1 Å². The van der Waals surface area contributed by atoms with Crippen molar-refractivity contribution < 1.29 is 4.74 Å². The van der Waals surface area contributed by atoms with Gasteiger partial charge in [-0.2, -0.15) is 0 Å². The molecule has 192 valence electrons. The lowest BCUT2D eigenvalue weighted by Crippen LogP contribution is -2.48. The summed E-state index contributed by atoms with van der Waals surface area (Å²) < 4.78 is 6.38. The van der Waals surface area contributed by atoms with E-state index in [1.807, 2.05) is 36.7 Å². The molecule has 4 aromatic rings. The lowest BCUT2D eigenvalue weighted by Gasteiger charge is -2.41. The van der Waals surface area contributed by atoms with E-state index in [0.717, 1.165) is 53.4 Å². The summed E-state index contributed by atoms with van der Waals surface area (Å²) in [5.74, 6) is 0.607. The van der Waals surface area contributed by atoms with E-state index in [0.29, 0.717) is 12.5 Å². The van der Waals surface area contributed by atoms with Crippen molar-refractivity contribution in [3.63, 3.8) is 0 Å². The molecule has 0 atom stereocenters. The van der Waals surface area contributed by atoms with Crippen molar-refractivity contribution >= 4 is 16.5 Å². The maximum Gasteiger partial charge on any atom is 0.222 e. The maximum absolute atomic E-state index is 6.63. The molecule has 1 fully saturated rings. The number of nitrogens with two attached hydrogens (primary N) is 1. The van der Waals surface area contributed by atoms with Gasteiger partial charge in [0, 0.05) is 35.1 Å². The summed E-state index contributed by atoms with van der Waals surface area (Å²) >= 11 is 0. The highest BCUT2D eigenvalue weighted by Gasteiger charge is 2.36. The van der Waals surface area contributed by atoms with E-state index in [1.54, 1.807) is 6.20 Å². The molecule has 6 rings (SSSR count). The average molecular weight is 503 g/mol. The highest BCUT2D eigenvalue weighted by Crippen LogP contribution is 2.42. The van der Waals surface area contributed by atoms with E-state index in [-0.39, 0.29) is 11.0 Å². The van der Waals surface area contributed by atoms with Crippen LogP contribution in [0.5, 0.6) is 5.88 Å². The van der Waals surface area contributed by atoms with Crippen LogP contribution in [-0.2, 0) is 5.41 Å². The van der Waals surface area contributed by atoms with Crippen LogP contribution in [0.15, 0.2) is 90.9 Å². The highest BCUT2D eigenvalue weighted by atomic mass is 16.5. The molecule has 2 aliphatic rings. The molecule has 5 heteroatoms. The van der Waals surface area contributed by atoms with Crippen LogP contribution >= 0.6 is 0 Å². The molecular formula is C33H34N4O. The predicted molar refractivity (Wildman–Crippen MR) is 154 cm³/mol. The van der Waals surface area contributed by atoms with Crippen molar-refractivity contribution in [2.24, 2.45) is 5.73 Å². The monoisotopic (exact) mass is 502 g/mol. The third-order valence-electron chi connectivity index (χ3n) is 8.16. The van der Waals surface area contributed by atoms with Crippen LogP contribution in [0.3, 0.4) is 0 Å². The quantitative estimate of drug-likeness (QED) is 0.294. The van der Waals surface area contributed by atoms with E-state index in [4.69, 9.17) is 15.5 Å². The third-order valence-corrected chi connectivity index (χ3v) is 8.16. The number of nitrogens with zero attached hydrogens (tertiary/aromatic N) is 3. The van der Waals surface area contributed by atoms with Crippen LogP contribution in [0.25, 0.3) is 27.6 Å². The van der Waals surface area contributed by atoms with Crippen LogP contribution in [0.1, 0.15) is 57.2 Å². The first kappa shape index (κ1) is 24.5. The van der Waals surface area contributed by atoms with E-state index >= 15 is 0 Å². The first-order valence-corrected chi connectivity index (χ1v) is 13.5. The molecule has 0 saturated heterocycles. The van der Waals surface area contributed by atoms with Gasteiger partial charge in [0.2, 0.25) is 5.88 Å². The number of pyridine rings is 3. The van der Waals surface area contributed by atoms with Crippen molar-refractivity contribution in [2.75, 3.05) is 6.61 Å². The van der Waals surface area contributed by atoms with Crippen molar-refractivity contribution in [2.45, 2.75) is 56.9 Å². The SMILES string of the molecule is CC(C)(COc1nccc2nc(C3=CC=C(C4(N)CCC4)CC3)c(-c3ccccc3)cc12)c1ccncc1. The Morgan fingerprint density at radius 2 is 1.74 bits per heavy atom. The molecule has 0 amide bonds. The van der Waals surface area contributed by atoms with E-state index < -0.39 is 0 Å².